The zero-order valence-corrected chi connectivity index (χ0v) is 13.3. The molecule has 3 rings (SSSR count). The van der Waals surface area contributed by atoms with Gasteiger partial charge in [-0.1, -0.05) is 6.92 Å². The molecule has 2 fully saturated rings. The third kappa shape index (κ3) is 3.55. The number of thiazole rings is 1. The van der Waals surface area contributed by atoms with E-state index in [4.69, 9.17) is 4.74 Å². The Balaban J connectivity index is 1.46. The summed E-state index contributed by atoms with van der Waals surface area (Å²) in [4.78, 5) is 18.4. The lowest BCUT2D eigenvalue weighted by Crippen LogP contribution is -2.44. The van der Waals surface area contributed by atoms with Gasteiger partial charge in [0.2, 0.25) is 0 Å². The van der Waals surface area contributed by atoms with Gasteiger partial charge in [-0.15, -0.1) is 11.3 Å². The average Bonchev–Trinajstić information content (AvgIpc) is 2.90. The Morgan fingerprint density at radius 3 is 2.71 bits per heavy atom. The Morgan fingerprint density at radius 2 is 2.10 bits per heavy atom. The number of aromatic nitrogens is 1. The summed E-state index contributed by atoms with van der Waals surface area (Å²) in [7, 11) is 0. The van der Waals surface area contributed by atoms with Crippen molar-refractivity contribution >= 4 is 22.4 Å². The van der Waals surface area contributed by atoms with Crippen LogP contribution in [0.1, 0.15) is 44.7 Å². The topological polar surface area (TPSA) is 54.5 Å². The van der Waals surface area contributed by atoms with Gasteiger partial charge in [0.05, 0.1) is 23.4 Å². The Kier molecular flexibility index (Phi) is 4.75. The molecule has 6 heteroatoms. The minimum atomic E-state index is -0.00366. The number of hydrogen-bond acceptors (Lipinski definition) is 4. The molecule has 116 valence electrons. The van der Waals surface area contributed by atoms with Crippen LogP contribution in [0.15, 0.2) is 5.51 Å². The smallest absolute Gasteiger partial charge is 0.322 e. The van der Waals surface area contributed by atoms with Crippen molar-refractivity contribution in [2.24, 2.45) is 0 Å². The van der Waals surface area contributed by atoms with Crippen LogP contribution in [0.4, 0.5) is 9.80 Å². The third-order valence-corrected chi connectivity index (χ3v) is 5.15. The first-order valence-electron chi connectivity index (χ1n) is 7.90. The van der Waals surface area contributed by atoms with Crippen molar-refractivity contribution in [3.05, 3.63) is 11.2 Å². The lowest BCUT2D eigenvalue weighted by molar-refractivity contribution is -0.0694. The number of rotatable bonds is 4. The van der Waals surface area contributed by atoms with Gasteiger partial charge in [0.15, 0.2) is 0 Å². The van der Waals surface area contributed by atoms with E-state index in [-0.39, 0.29) is 6.03 Å². The van der Waals surface area contributed by atoms with E-state index in [1.807, 2.05) is 11.8 Å². The molecule has 0 spiro atoms. The molecule has 5 nitrogen and oxygen atoms in total. The van der Waals surface area contributed by atoms with Crippen LogP contribution in [0.5, 0.6) is 0 Å². The number of aryl methyl sites for hydroxylation is 1. The molecule has 1 N–H and O–H groups in total. The summed E-state index contributed by atoms with van der Waals surface area (Å²) in [6.07, 6.45) is 7.31. The molecule has 1 aliphatic heterocycles. The van der Waals surface area contributed by atoms with E-state index in [0.29, 0.717) is 12.2 Å². The number of nitrogens with one attached hydrogen (secondary N) is 1. The van der Waals surface area contributed by atoms with Crippen molar-refractivity contribution in [2.75, 3.05) is 18.4 Å². The number of carbonyl (C=O) groups excluding carboxylic acids is 1. The van der Waals surface area contributed by atoms with Crippen LogP contribution in [0.2, 0.25) is 0 Å². The van der Waals surface area contributed by atoms with E-state index in [1.54, 1.807) is 5.51 Å². The van der Waals surface area contributed by atoms with E-state index in [2.05, 4.69) is 10.3 Å². The van der Waals surface area contributed by atoms with E-state index in [0.717, 1.165) is 43.0 Å². The number of hydrogen-bond donors (Lipinski definition) is 1. The zero-order chi connectivity index (χ0) is 14.7. The number of anilines is 1. The normalized spacial score (nSPS) is 20.3. The van der Waals surface area contributed by atoms with Gasteiger partial charge >= 0.3 is 6.03 Å². The molecule has 0 bridgehead atoms. The van der Waals surface area contributed by atoms with Crippen molar-refractivity contribution in [1.29, 1.82) is 0 Å². The van der Waals surface area contributed by atoms with Crippen LogP contribution in [0.3, 0.4) is 0 Å². The third-order valence-electron chi connectivity index (χ3n) is 4.36. The highest BCUT2D eigenvalue weighted by Gasteiger charge is 2.27. The second kappa shape index (κ2) is 6.75. The minimum absolute atomic E-state index is 0.00366. The van der Waals surface area contributed by atoms with Gasteiger partial charge in [-0.3, -0.25) is 5.32 Å². The van der Waals surface area contributed by atoms with Crippen molar-refractivity contribution in [3.63, 3.8) is 0 Å². The van der Waals surface area contributed by atoms with E-state index >= 15 is 0 Å². The maximum absolute atomic E-state index is 12.3. The minimum Gasteiger partial charge on any atom is -0.375 e. The highest BCUT2D eigenvalue weighted by atomic mass is 32.1. The Labute approximate surface area is 129 Å². The van der Waals surface area contributed by atoms with Crippen LogP contribution in [0.25, 0.3) is 0 Å². The molecule has 0 radical (unpaired) electrons. The van der Waals surface area contributed by atoms with Gasteiger partial charge in [0.1, 0.15) is 5.00 Å². The molecular formula is C15H23N3O2S. The van der Waals surface area contributed by atoms with Crippen LogP contribution in [0, 0.1) is 0 Å². The molecule has 1 saturated carbocycles. The lowest BCUT2D eigenvalue weighted by Gasteiger charge is -2.36. The summed E-state index contributed by atoms with van der Waals surface area (Å²) >= 11 is 1.49. The van der Waals surface area contributed by atoms with Gasteiger partial charge in [-0.2, -0.15) is 0 Å². The predicted molar refractivity (Wildman–Crippen MR) is 83.8 cm³/mol. The number of nitrogens with zero attached hydrogens (tertiary/aromatic N) is 2. The van der Waals surface area contributed by atoms with Gasteiger partial charge in [-0.05, 0) is 38.5 Å². The van der Waals surface area contributed by atoms with Gasteiger partial charge in [0, 0.05) is 13.1 Å². The van der Waals surface area contributed by atoms with Crippen LogP contribution in [-0.4, -0.2) is 41.2 Å². The molecule has 21 heavy (non-hydrogen) atoms. The highest BCUT2D eigenvalue weighted by Crippen LogP contribution is 2.27. The first-order valence-corrected chi connectivity index (χ1v) is 8.78. The number of likely N-dealkylation sites (tertiary alicyclic amines) is 1. The fourth-order valence-electron chi connectivity index (χ4n) is 2.77. The first-order chi connectivity index (χ1) is 10.3. The predicted octanol–water partition coefficient (Wildman–Crippen LogP) is 3.27. The number of piperidine rings is 1. The molecule has 2 aliphatic rings. The quantitative estimate of drug-likeness (QED) is 0.928. The van der Waals surface area contributed by atoms with Crippen molar-refractivity contribution in [3.8, 4) is 0 Å². The molecule has 2 amide bonds. The zero-order valence-electron chi connectivity index (χ0n) is 12.5. The summed E-state index contributed by atoms with van der Waals surface area (Å²) in [5, 5.41) is 3.88. The monoisotopic (exact) mass is 309 g/mol. The van der Waals surface area contributed by atoms with E-state index in [1.165, 1.54) is 30.6 Å². The van der Waals surface area contributed by atoms with Gasteiger partial charge in [-0.25, -0.2) is 9.78 Å². The number of carbonyl (C=O) groups is 1. The fraction of sp³-hybridized carbons (Fsp3) is 0.733. The average molecular weight is 309 g/mol. The number of ether oxygens (including phenoxy) is 1. The van der Waals surface area contributed by atoms with E-state index in [9.17, 15) is 4.79 Å². The Morgan fingerprint density at radius 1 is 1.38 bits per heavy atom. The Bertz CT molecular complexity index is 479. The second-order valence-corrected chi connectivity index (χ2v) is 6.64. The first kappa shape index (κ1) is 14.8. The number of urea groups is 1. The molecule has 0 aromatic carbocycles. The highest BCUT2D eigenvalue weighted by molar-refractivity contribution is 7.14. The summed E-state index contributed by atoms with van der Waals surface area (Å²) in [6.45, 7) is 3.61. The summed E-state index contributed by atoms with van der Waals surface area (Å²) in [5.74, 6) is 0. The molecule has 1 saturated heterocycles. The molecule has 1 aromatic heterocycles. The van der Waals surface area contributed by atoms with E-state index < -0.39 is 0 Å². The summed E-state index contributed by atoms with van der Waals surface area (Å²) in [6, 6.07) is -0.00366. The number of amides is 2. The fourth-order valence-corrected chi connectivity index (χ4v) is 3.54. The molecule has 0 unspecified atom stereocenters. The summed E-state index contributed by atoms with van der Waals surface area (Å²) < 4.78 is 6.03. The van der Waals surface area contributed by atoms with Gasteiger partial charge in [0.25, 0.3) is 0 Å². The van der Waals surface area contributed by atoms with Crippen molar-refractivity contribution in [2.45, 2.75) is 57.7 Å². The molecule has 1 aromatic rings. The van der Waals surface area contributed by atoms with Gasteiger partial charge < -0.3 is 9.64 Å². The second-order valence-electron chi connectivity index (χ2n) is 5.79. The molecule has 2 heterocycles. The van der Waals surface area contributed by atoms with Crippen molar-refractivity contribution < 1.29 is 9.53 Å². The van der Waals surface area contributed by atoms with Crippen LogP contribution >= 0.6 is 11.3 Å². The molecular weight excluding hydrogens is 286 g/mol. The lowest BCUT2D eigenvalue weighted by atomic mass is 9.95. The van der Waals surface area contributed by atoms with Crippen molar-refractivity contribution in [1.82, 2.24) is 9.88 Å². The standard InChI is InChI=1S/C15H23N3O2S/c1-2-13-14(21-10-16-13)17-15(19)18-8-6-12(7-9-18)20-11-4-3-5-11/h10-12H,2-9H2,1H3,(H,17,19). The van der Waals surface area contributed by atoms with Crippen LogP contribution in [-0.2, 0) is 11.2 Å². The maximum Gasteiger partial charge on any atom is 0.322 e. The van der Waals surface area contributed by atoms with Crippen LogP contribution < -0.4 is 5.32 Å². The maximum atomic E-state index is 12.3. The largest absolute Gasteiger partial charge is 0.375 e. The molecule has 1 aliphatic carbocycles. The Hall–Kier alpha value is -1.14. The molecule has 0 atom stereocenters. The SMILES string of the molecule is CCc1ncsc1NC(=O)N1CCC(OC2CCC2)CC1. The summed E-state index contributed by atoms with van der Waals surface area (Å²) in [5.41, 5.74) is 2.75.